The summed E-state index contributed by atoms with van der Waals surface area (Å²) in [6.45, 7) is 3.78. The molecular weight excluding hydrogens is 394 g/mol. The van der Waals surface area contributed by atoms with Crippen molar-refractivity contribution in [2.45, 2.75) is 13.5 Å². The van der Waals surface area contributed by atoms with Crippen molar-refractivity contribution in [3.8, 4) is 0 Å². The molecule has 3 aromatic rings. The van der Waals surface area contributed by atoms with Crippen molar-refractivity contribution in [3.63, 3.8) is 0 Å². The second-order valence-corrected chi connectivity index (χ2v) is 7.47. The maximum atomic E-state index is 13.4. The summed E-state index contributed by atoms with van der Waals surface area (Å²) < 4.78 is 6.84. The molecule has 0 N–H and O–H groups in total. The number of carbonyl (C=O) groups is 3. The number of amides is 2. The van der Waals surface area contributed by atoms with Crippen molar-refractivity contribution in [3.05, 3.63) is 71.9 Å². The lowest BCUT2D eigenvalue weighted by Gasteiger charge is -2.34. The predicted molar refractivity (Wildman–Crippen MR) is 117 cm³/mol. The first-order chi connectivity index (χ1) is 15.1. The second-order valence-electron chi connectivity index (χ2n) is 7.47. The van der Waals surface area contributed by atoms with E-state index in [9.17, 15) is 14.4 Å². The highest BCUT2D eigenvalue weighted by Gasteiger charge is 2.30. The van der Waals surface area contributed by atoms with E-state index >= 15 is 0 Å². The Balaban J connectivity index is 1.54. The topological polar surface area (TPSA) is 71.9 Å². The zero-order chi connectivity index (χ0) is 21.8. The van der Waals surface area contributed by atoms with Crippen molar-refractivity contribution in [2.75, 3.05) is 32.8 Å². The van der Waals surface area contributed by atoms with Gasteiger partial charge in [-0.2, -0.15) is 0 Å². The normalized spacial score (nSPS) is 14.0. The van der Waals surface area contributed by atoms with Gasteiger partial charge in [-0.1, -0.05) is 48.5 Å². The molecule has 160 valence electrons. The number of benzene rings is 2. The zero-order valence-corrected chi connectivity index (χ0v) is 17.5. The number of nitrogens with zero attached hydrogens (tertiary/aromatic N) is 3. The first-order valence-electron chi connectivity index (χ1n) is 10.5. The lowest BCUT2D eigenvalue weighted by Crippen LogP contribution is -2.52. The van der Waals surface area contributed by atoms with Gasteiger partial charge < -0.3 is 19.1 Å². The van der Waals surface area contributed by atoms with Crippen LogP contribution < -0.4 is 0 Å². The van der Waals surface area contributed by atoms with Crippen LogP contribution in [-0.2, 0) is 20.9 Å². The average molecular weight is 419 g/mol. The molecule has 7 nitrogen and oxygen atoms in total. The molecule has 1 fully saturated rings. The fourth-order valence-corrected chi connectivity index (χ4v) is 3.92. The summed E-state index contributed by atoms with van der Waals surface area (Å²) in [4.78, 5) is 40.4. The van der Waals surface area contributed by atoms with Gasteiger partial charge in [-0.3, -0.25) is 9.59 Å². The monoisotopic (exact) mass is 419 g/mol. The van der Waals surface area contributed by atoms with Crippen molar-refractivity contribution in [1.82, 2.24) is 14.4 Å². The highest BCUT2D eigenvalue weighted by molar-refractivity contribution is 6.32. The molecule has 31 heavy (non-hydrogen) atoms. The summed E-state index contributed by atoms with van der Waals surface area (Å²) in [6.07, 6.45) is 0. The first-order valence-corrected chi connectivity index (χ1v) is 10.5. The fraction of sp³-hybridized carbons (Fsp3) is 0.292. The molecular formula is C24H25N3O4. The lowest BCUT2D eigenvalue weighted by atomic mass is 10.2. The number of para-hydroxylation sites is 1. The van der Waals surface area contributed by atoms with Crippen LogP contribution in [0.1, 0.15) is 23.0 Å². The quantitative estimate of drug-likeness (QED) is 0.481. The summed E-state index contributed by atoms with van der Waals surface area (Å²) >= 11 is 0. The standard InChI is InChI=1S/C24H25N3O4/c1-2-31-24(30)23(29)26-14-12-25(13-15-26)22(28)21-16-19-10-6-7-11-20(19)27(21)17-18-8-4-3-5-9-18/h3-11,16H,2,12-15,17H2,1H3. The molecule has 4 rings (SSSR count). The van der Waals surface area contributed by atoms with Crippen LogP contribution >= 0.6 is 0 Å². The molecule has 7 heteroatoms. The van der Waals surface area contributed by atoms with Crippen molar-refractivity contribution < 1.29 is 19.1 Å². The molecule has 2 heterocycles. The van der Waals surface area contributed by atoms with Crippen LogP contribution in [0.4, 0.5) is 0 Å². The number of ether oxygens (including phenoxy) is 1. The number of rotatable bonds is 4. The highest BCUT2D eigenvalue weighted by atomic mass is 16.5. The Hall–Kier alpha value is -3.61. The van der Waals surface area contributed by atoms with E-state index in [1.807, 2.05) is 65.2 Å². The molecule has 1 aliphatic heterocycles. The molecule has 0 saturated carbocycles. The summed E-state index contributed by atoms with van der Waals surface area (Å²) in [5, 5.41) is 1.01. The third-order valence-corrected chi connectivity index (χ3v) is 5.52. The Morgan fingerprint density at radius 1 is 0.871 bits per heavy atom. The van der Waals surface area contributed by atoms with Crippen LogP contribution in [0, 0.1) is 0 Å². The summed E-state index contributed by atoms with van der Waals surface area (Å²) in [5.41, 5.74) is 2.74. The number of hydrogen-bond donors (Lipinski definition) is 0. The van der Waals surface area contributed by atoms with Crippen LogP contribution in [0.25, 0.3) is 10.9 Å². The van der Waals surface area contributed by atoms with Crippen LogP contribution in [0.5, 0.6) is 0 Å². The molecule has 2 aromatic carbocycles. The Morgan fingerprint density at radius 2 is 1.52 bits per heavy atom. The van der Waals surface area contributed by atoms with E-state index in [1.165, 1.54) is 4.90 Å². The van der Waals surface area contributed by atoms with Gasteiger partial charge in [-0.15, -0.1) is 0 Å². The van der Waals surface area contributed by atoms with E-state index in [0.29, 0.717) is 38.4 Å². The lowest BCUT2D eigenvalue weighted by molar-refractivity contribution is -0.160. The minimum absolute atomic E-state index is 0.0737. The maximum Gasteiger partial charge on any atom is 0.397 e. The van der Waals surface area contributed by atoms with Gasteiger partial charge in [0.1, 0.15) is 5.69 Å². The zero-order valence-electron chi connectivity index (χ0n) is 17.5. The summed E-state index contributed by atoms with van der Waals surface area (Å²) in [6, 6.07) is 19.9. The number of aromatic nitrogens is 1. The average Bonchev–Trinajstić information content (AvgIpc) is 3.17. The molecule has 0 bridgehead atoms. The van der Waals surface area contributed by atoms with E-state index in [2.05, 4.69) is 0 Å². The van der Waals surface area contributed by atoms with Gasteiger partial charge in [0, 0.05) is 43.6 Å². The van der Waals surface area contributed by atoms with Gasteiger partial charge in [-0.25, -0.2) is 4.79 Å². The Morgan fingerprint density at radius 3 is 2.23 bits per heavy atom. The van der Waals surface area contributed by atoms with Crippen molar-refractivity contribution in [2.24, 2.45) is 0 Å². The highest BCUT2D eigenvalue weighted by Crippen LogP contribution is 2.23. The minimum Gasteiger partial charge on any atom is -0.459 e. The molecule has 1 aromatic heterocycles. The molecule has 0 radical (unpaired) electrons. The molecule has 0 aliphatic carbocycles. The Kier molecular flexibility index (Phi) is 6.02. The smallest absolute Gasteiger partial charge is 0.397 e. The van der Waals surface area contributed by atoms with E-state index in [1.54, 1.807) is 11.8 Å². The number of hydrogen-bond acceptors (Lipinski definition) is 4. The Labute approximate surface area is 180 Å². The van der Waals surface area contributed by atoms with Crippen molar-refractivity contribution in [1.29, 1.82) is 0 Å². The molecule has 1 saturated heterocycles. The molecule has 1 aliphatic rings. The SMILES string of the molecule is CCOC(=O)C(=O)N1CCN(C(=O)c2cc3ccccc3n2Cc2ccccc2)CC1. The third-order valence-electron chi connectivity index (χ3n) is 5.52. The molecule has 0 spiro atoms. The maximum absolute atomic E-state index is 13.4. The van der Waals surface area contributed by atoms with Gasteiger partial charge >= 0.3 is 11.9 Å². The predicted octanol–water partition coefficient (Wildman–Crippen LogP) is 2.54. The number of fused-ring (bicyclic) bond motifs is 1. The second kappa shape index (κ2) is 9.04. The largest absolute Gasteiger partial charge is 0.459 e. The Bertz CT molecular complexity index is 1100. The minimum atomic E-state index is -0.842. The van der Waals surface area contributed by atoms with E-state index < -0.39 is 11.9 Å². The van der Waals surface area contributed by atoms with E-state index in [4.69, 9.17) is 4.74 Å². The fourth-order valence-electron chi connectivity index (χ4n) is 3.92. The molecule has 2 amide bonds. The van der Waals surface area contributed by atoms with E-state index in [-0.39, 0.29) is 12.5 Å². The summed E-state index contributed by atoms with van der Waals surface area (Å²) in [7, 11) is 0. The van der Waals surface area contributed by atoms with Gasteiger partial charge in [0.25, 0.3) is 5.91 Å². The van der Waals surface area contributed by atoms with Gasteiger partial charge in [0.2, 0.25) is 0 Å². The van der Waals surface area contributed by atoms with Gasteiger partial charge in [0.05, 0.1) is 6.61 Å². The number of carbonyl (C=O) groups excluding carboxylic acids is 3. The molecule has 0 unspecified atom stereocenters. The van der Waals surface area contributed by atoms with Crippen LogP contribution in [-0.4, -0.2) is 64.9 Å². The van der Waals surface area contributed by atoms with Gasteiger partial charge in [0.15, 0.2) is 0 Å². The van der Waals surface area contributed by atoms with E-state index in [0.717, 1.165) is 16.5 Å². The first kappa shape index (κ1) is 20.7. The summed E-state index contributed by atoms with van der Waals surface area (Å²) in [5.74, 6) is -1.56. The van der Waals surface area contributed by atoms with Gasteiger partial charge in [-0.05, 0) is 24.6 Å². The van der Waals surface area contributed by atoms with Crippen molar-refractivity contribution >= 4 is 28.7 Å². The van der Waals surface area contributed by atoms with Crippen LogP contribution in [0.2, 0.25) is 0 Å². The third kappa shape index (κ3) is 4.30. The number of esters is 1. The van der Waals surface area contributed by atoms with Crippen LogP contribution in [0.15, 0.2) is 60.7 Å². The van der Waals surface area contributed by atoms with Crippen LogP contribution in [0.3, 0.4) is 0 Å². The molecule has 0 atom stereocenters. The number of piperazine rings is 1.